The van der Waals surface area contributed by atoms with Crippen LogP contribution in [0.5, 0.6) is 0 Å². The van der Waals surface area contributed by atoms with Crippen molar-refractivity contribution in [3.63, 3.8) is 0 Å². The van der Waals surface area contributed by atoms with Crippen molar-refractivity contribution >= 4 is 23.2 Å². The first kappa shape index (κ1) is 12.2. The molecule has 16 heavy (non-hydrogen) atoms. The molecule has 1 aromatic carbocycles. The molecule has 1 fully saturated rings. The maximum atomic E-state index is 6.20. The summed E-state index contributed by atoms with van der Waals surface area (Å²) in [6.45, 7) is 3.16. The number of nitrogens with one attached hydrogen (secondary N) is 1. The van der Waals surface area contributed by atoms with Crippen LogP contribution in [0.15, 0.2) is 18.2 Å². The number of hydrogen-bond donors (Lipinski definition) is 1. The SMILES string of the molecule is CCNC(Cc1cccc(Cl)c1Cl)C1CC1. The second kappa shape index (κ2) is 5.39. The van der Waals surface area contributed by atoms with Crippen LogP contribution in [0.25, 0.3) is 0 Å². The molecule has 1 aromatic rings. The molecule has 1 saturated carbocycles. The highest BCUT2D eigenvalue weighted by Crippen LogP contribution is 2.35. The predicted molar refractivity (Wildman–Crippen MR) is 70.4 cm³/mol. The molecule has 3 heteroatoms. The summed E-state index contributed by atoms with van der Waals surface area (Å²) in [7, 11) is 0. The topological polar surface area (TPSA) is 12.0 Å². The van der Waals surface area contributed by atoms with E-state index in [9.17, 15) is 0 Å². The Morgan fingerprint density at radius 3 is 2.75 bits per heavy atom. The van der Waals surface area contributed by atoms with Crippen LogP contribution >= 0.6 is 23.2 Å². The Balaban J connectivity index is 2.08. The third kappa shape index (κ3) is 2.91. The van der Waals surface area contributed by atoms with Crippen LogP contribution in [0.1, 0.15) is 25.3 Å². The number of halogens is 2. The number of benzene rings is 1. The zero-order valence-corrected chi connectivity index (χ0v) is 11.0. The van der Waals surface area contributed by atoms with Crippen molar-refractivity contribution in [2.24, 2.45) is 5.92 Å². The maximum Gasteiger partial charge on any atom is 0.0624 e. The van der Waals surface area contributed by atoms with E-state index >= 15 is 0 Å². The van der Waals surface area contributed by atoms with E-state index in [4.69, 9.17) is 23.2 Å². The summed E-state index contributed by atoms with van der Waals surface area (Å²) in [5, 5.41) is 4.91. The molecule has 1 N–H and O–H groups in total. The molecular weight excluding hydrogens is 241 g/mol. The summed E-state index contributed by atoms with van der Waals surface area (Å²) in [5.74, 6) is 0.829. The lowest BCUT2D eigenvalue weighted by Crippen LogP contribution is -2.33. The van der Waals surface area contributed by atoms with Crippen molar-refractivity contribution in [1.29, 1.82) is 0 Å². The lowest BCUT2D eigenvalue weighted by atomic mass is 10.0. The number of hydrogen-bond acceptors (Lipinski definition) is 1. The summed E-state index contributed by atoms with van der Waals surface area (Å²) >= 11 is 12.2. The third-order valence-electron chi connectivity index (χ3n) is 3.13. The Hall–Kier alpha value is -0.240. The Labute approximate surface area is 107 Å². The van der Waals surface area contributed by atoms with Crippen LogP contribution in [0.4, 0.5) is 0 Å². The molecule has 1 aliphatic carbocycles. The van der Waals surface area contributed by atoms with E-state index in [2.05, 4.69) is 18.3 Å². The Morgan fingerprint density at radius 2 is 2.12 bits per heavy atom. The number of likely N-dealkylation sites (N-methyl/N-ethyl adjacent to an activating group) is 1. The van der Waals surface area contributed by atoms with Crippen molar-refractivity contribution in [2.75, 3.05) is 6.54 Å². The first-order chi connectivity index (χ1) is 7.72. The van der Waals surface area contributed by atoms with Crippen LogP contribution in [0.2, 0.25) is 10.0 Å². The standard InChI is InChI=1S/C13H17Cl2N/c1-2-16-12(9-6-7-9)8-10-4-3-5-11(14)13(10)15/h3-5,9,12,16H,2,6-8H2,1H3. The molecule has 0 saturated heterocycles. The van der Waals surface area contributed by atoms with E-state index in [0.717, 1.165) is 24.4 Å². The second-order valence-corrected chi connectivity index (χ2v) is 5.20. The third-order valence-corrected chi connectivity index (χ3v) is 3.99. The van der Waals surface area contributed by atoms with Gasteiger partial charge in [0.1, 0.15) is 0 Å². The lowest BCUT2D eigenvalue weighted by Gasteiger charge is -2.18. The molecule has 0 radical (unpaired) electrons. The monoisotopic (exact) mass is 257 g/mol. The Bertz CT molecular complexity index is 361. The van der Waals surface area contributed by atoms with Gasteiger partial charge in [-0.3, -0.25) is 0 Å². The highest BCUT2D eigenvalue weighted by atomic mass is 35.5. The second-order valence-electron chi connectivity index (χ2n) is 4.42. The van der Waals surface area contributed by atoms with Gasteiger partial charge in [-0.2, -0.15) is 0 Å². The molecule has 88 valence electrons. The first-order valence-electron chi connectivity index (χ1n) is 5.88. The van der Waals surface area contributed by atoms with Crippen molar-refractivity contribution in [3.8, 4) is 0 Å². The molecular formula is C13H17Cl2N. The van der Waals surface area contributed by atoms with Crippen molar-refractivity contribution < 1.29 is 0 Å². The lowest BCUT2D eigenvalue weighted by molar-refractivity contribution is 0.472. The molecule has 2 rings (SSSR count). The van der Waals surface area contributed by atoms with Gasteiger partial charge in [-0.05, 0) is 43.4 Å². The van der Waals surface area contributed by atoms with Crippen LogP contribution in [-0.4, -0.2) is 12.6 Å². The van der Waals surface area contributed by atoms with Gasteiger partial charge in [-0.15, -0.1) is 0 Å². The van der Waals surface area contributed by atoms with Crippen molar-refractivity contribution in [2.45, 2.75) is 32.2 Å². The smallest absolute Gasteiger partial charge is 0.0624 e. The van der Waals surface area contributed by atoms with Gasteiger partial charge in [-0.25, -0.2) is 0 Å². The molecule has 0 spiro atoms. The van der Waals surface area contributed by atoms with Gasteiger partial charge in [0, 0.05) is 6.04 Å². The van der Waals surface area contributed by atoms with Gasteiger partial charge in [0.15, 0.2) is 0 Å². The minimum absolute atomic E-state index is 0.556. The summed E-state index contributed by atoms with van der Waals surface area (Å²) in [4.78, 5) is 0. The molecule has 0 aliphatic heterocycles. The average Bonchev–Trinajstić information content (AvgIpc) is 3.07. The summed E-state index contributed by atoms with van der Waals surface area (Å²) in [6, 6.07) is 6.44. The molecule has 1 aliphatic rings. The zero-order valence-electron chi connectivity index (χ0n) is 9.47. The Kier molecular flexibility index (Phi) is 4.12. The van der Waals surface area contributed by atoms with Gasteiger partial charge in [-0.1, -0.05) is 42.3 Å². The molecule has 0 bridgehead atoms. The molecule has 1 atom stereocenters. The maximum absolute atomic E-state index is 6.20. The van der Waals surface area contributed by atoms with E-state index in [1.807, 2.05) is 12.1 Å². The van der Waals surface area contributed by atoms with Gasteiger partial charge in [0.05, 0.1) is 10.0 Å². The quantitative estimate of drug-likeness (QED) is 0.843. The van der Waals surface area contributed by atoms with Gasteiger partial charge >= 0.3 is 0 Å². The van der Waals surface area contributed by atoms with Crippen LogP contribution in [-0.2, 0) is 6.42 Å². The van der Waals surface area contributed by atoms with Gasteiger partial charge in [0.25, 0.3) is 0 Å². The van der Waals surface area contributed by atoms with E-state index in [-0.39, 0.29) is 0 Å². The molecule has 1 unspecified atom stereocenters. The molecule has 0 amide bonds. The summed E-state index contributed by atoms with van der Waals surface area (Å²) in [5.41, 5.74) is 1.16. The highest BCUT2D eigenvalue weighted by Gasteiger charge is 2.30. The minimum atomic E-state index is 0.556. The average molecular weight is 258 g/mol. The van der Waals surface area contributed by atoms with Crippen LogP contribution < -0.4 is 5.32 Å². The van der Waals surface area contributed by atoms with E-state index in [1.165, 1.54) is 12.8 Å². The normalized spacial score (nSPS) is 17.4. The minimum Gasteiger partial charge on any atom is -0.314 e. The van der Waals surface area contributed by atoms with Crippen molar-refractivity contribution in [3.05, 3.63) is 33.8 Å². The zero-order chi connectivity index (χ0) is 11.5. The largest absolute Gasteiger partial charge is 0.314 e. The first-order valence-corrected chi connectivity index (χ1v) is 6.64. The van der Waals surface area contributed by atoms with E-state index < -0.39 is 0 Å². The van der Waals surface area contributed by atoms with Crippen molar-refractivity contribution in [1.82, 2.24) is 5.32 Å². The molecule has 0 aromatic heterocycles. The fraction of sp³-hybridized carbons (Fsp3) is 0.538. The van der Waals surface area contributed by atoms with E-state index in [0.29, 0.717) is 16.1 Å². The Morgan fingerprint density at radius 1 is 1.38 bits per heavy atom. The van der Waals surface area contributed by atoms with Gasteiger partial charge in [0.2, 0.25) is 0 Å². The summed E-state index contributed by atoms with van der Waals surface area (Å²) in [6.07, 6.45) is 3.67. The van der Waals surface area contributed by atoms with Crippen LogP contribution in [0.3, 0.4) is 0 Å². The van der Waals surface area contributed by atoms with E-state index in [1.54, 1.807) is 0 Å². The van der Waals surface area contributed by atoms with Crippen LogP contribution in [0, 0.1) is 5.92 Å². The molecule has 0 heterocycles. The predicted octanol–water partition coefficient (Wildman–Crippen LogP) is 3.92. The fourth-order valence-corrected chi connectivity index (χ4v) is 2.51. The summed E-state index contributed by atoms with van der Waals surface area (Å²) < 4.78 is 0. The number of rotatable bonds is 5. The highest BCUT2D eigenvalue weighted by molar-refractivity contribution is 6.42. The molecule has 1 nitrogen and oxygen atoms in total. The fourth-order valence-electron chi connectivity index (χ4n) is 2.11. The van der Waals surface area contributed by atoms with Gasteiger partial charge < -0.3 is 5.32 Å².